The number of hydrogen-bond acceptors (Lipinski definition) is 4. The van der Waals surface area contributed by atoms with Crippen LogP contribution in [0.15, 0.2) is 41.3 Å². The predicted octanol–water partition coefficient (Wildman–Crippen LogP) is 4.70. The maximum atomic E-state index is 12.9. The quantitative estimate of drug-likeness (QED) is 0.523. The summed E-state index contributed by atoms with van der Waals surface area (Å²) in [6.07, 6.45) is 2.62. The number of hydrogen-bond donors (Lipinski definition) is 0. The van der Waals surface area contributed by atoms with Crippen LogP contribution in [0.1, 0.15) is 35.2 Å². The molecule has 0 saturated carbocycles. The van der Waals surface area contributed by atoms with Crippen molar-refractivity contribution in [1.29, 1.82) is 0 Å². The fourth-order valence-corrected chi connectivity index (χ4v) is 5.09. The third-order valence-corrected chi connectivity index (χ3v) is 7.08. The Balaban J connectivity index is 1.90. The molecule has 27 heavy (non-hydrogen) atoms. The monoisotopic (exact) mass is 427 g/mol. The van der Waals surface area contributed by atoms with E-state index >= 15 is 0 Å². The summed E-state index contributed by atoms with van der Waals surface area (Å²) in [5, 5.41) is 0.370. The third-order valence-electron chi connectivity index (χ3n) is 4.39. The number of nitrogens with zero attached hydrogens (tertiary/aromatic N) is 1. The van der Waals surface area contributed by atoms with Gasteiger partial charge >= 0.3 is 5.97 Å². The fraction of sp³-hybridized carbons (Fsp3) is 0.316. The molecule has 1 aliphatic rings. The first-order chi connectivity index (χ1) is 12.8. The number of carbonyl (C=O) groups is 1. The van der Waals surface area contributed by atoms with Gasteiger partial charge in [-0.1, -0.05) is 35.7 Å². The highest BCUT2D eigenvalue weighted by Crippen LogP contribution is 2.30. The Morgan fingerprint density at radius 2 is 1.67 bits per heavy atom. The van der Waals surface area contributed by atoms with Gasteiger partial charge in [0.05, 0.1) is 15.6 Å². The van der Waals surface area contributed by atoms with Crippen LogP contribution in [0.25, 0.3) is 0 Å². The van der Waals surface area contributed by atoms with Gasteiger partial charge in [-0.2, -0.15) is 4.31 Å². The molecule has 2 aromatic carbocycles. The highest BCUT2D eigenvalue weighted by atomic mass is 35.5. The van der Waals surface area contributed by atoms with Gasteiger partial charge < -0.3 is 4.74 Å². The highest BCUT2D eigenvalue weighted by molar-refractivity contribution is 7.89. The average molecular weight is 428 g/mol. The molecule has 0 N–H and O–H groups in total. The van der Waals surface area contributed by atoms with E-state index in [1.807, 2.05) is 6.92 Å². The maximum absolute atomic E-state index is 12.9. The first kappa shape index (κ1) is 20.1. The van der Waals surface area contributed by atoms with Crippen molar-refractivity contribution in [2.75, 3.05) is 13.1 Å². The number of aryl methyl sites for hydroxylation is 1. The van der Waals surface area contributed by atoms with Gasteiger partial charge in [0, 0.05) is 13.1 Å². The van der Waals surface area contributed by atoms with Crippen molar-refractivity contribution in [1.82, 2.24) is 4.31 Å². The van der Waals surface area contributed by atoms with Crippen LogP contribution in [0.4, 0.5) is 0 Å². The Morgan fingerprint density at radius 3 is 2.37 bits per heavy atom. The van der Waals surface area contributed by atoms with Crippen LogP contribution in [0.3, 0.4) is 0 Å². The van der Waals surface area contributed by atoms with Crippen molar-refractivity contribution >= 4 is 39.2 Å². The molecule has 2 aromatic rings. The SMILES string of the molecule is Cc1ccc(Cl)c(OC(=O)c2ccc(Cl)c(S(=O)(=O)N3CCCCC3)c2)c1. The van der Waals surface area contributed by atoms with E-state index in [-0.39, 0.29) is 21.2 Å². The van der Waals surface area contributed by atoms with Gasteiger partial charge in [0.25, 0.3) is 0 Å². The summed E-state index contributed by atoms with van der Waals surface area (Å²) >= 11 is 12.2. The number of benzene rings is 2. The summed E-state index contributed by atoms with van der Waals surface area (Å²) in [4.78, 5) is 12.4. The Kier molecular flexibility index (Phi) is 6.11. The van der Waals surface area contributed by atoms with E-state index in [9.17, 15) is 13.2 Å². The molecule has 1 aliphatic heterocycles. The summed E-state index contributed by atoms with van der Waals surface area (Å²) in [5.74, 6) is -0.480. The van der Waals surface area contributed by atoms with Crippen LogP contribution in [0.2, 0.25) is 10.0 Å². The first-order valence-electron chi connectivity index (χ1n) is 8.57. The molecule has 1 fully saturated rings. The van der Waals surface area contributed by atoms with Crippen molar-refractivity contribution < 1.29 is 17.9 Å². The number of halogens is 2. The summed E-state index contributed by atoms with van der Waals surface area (Å²) in [6, 6.07) is 9.16. The van der Waals surface area contributed by atoms with E-state index < -0.39 is 16.0 Å². The number of piperidine rings is 1. The summed E-state index contributed by atoms with van der Waals surface area (Å²) in [7, 11) is -3.77. The molecule has 0 aromatic heterocycles. The average Bonchev–Trinajstić information content (AvgIpc) is 2.65. The van der Waals surface area contributed by atoms with Crippen LogP contribution < -0.4 is 4.74 Å². The van der Waals surface area contributed by atoms with Crippen molar-refractivity contribution in [2.45, 2.75) is 31.1 Å². The lowest BCUT2D eigenvalue weighted by molar-refractivity contribution is 0.0734. The van der Waals surface area contributed by atoms with E-state index in [2.05, 4.69) is 0 Å². The largest absolute Gasteiger partial charge is 0.421 e. The molecule has 0 atom stereocenters. The van der Waals surface area contributed by atoms with Crippen LogP contribution in [-0.4, -0.2) is 31.8 Å². The molecular weight excluding hydrogens is 409 g/mol. The molecule has 0 amide bonds. The minimum absolute atomic E-state index is 0.0747. The van der Waals surface area contributed by atoms with Gasteiger partial charge in [-0.3, -0.25) is 0 Å². The van der Waals surface area contributed by atoms with Crippen molar-refractivity contribution in [3.8, 4) is 5.75 Å². The zero-order chi connectivity index (χ0) is 19.6. The molecular formula is C19H19Cl2NO4S. The normalized spacial score (nSPS) is 15.5. The van der Waals surface area contributed by atoms with Gasteiger partial charge in [-0.05, 0) is 55.7 Å². The van der Waals surface area contributed by atoms with Crippen molar-refractivity contribution in [2.24, 2.45) is 0 Å². The molecule has 8 heteroatoms. The molecule has 0 aliphatic carbocycles. The second-order valence-electron chi connectivity index (χ2n) is 6.43. The molecule has 0 radical (unpaired) electrons. The van der Waals surface area contributed by atoms with E-state index in [4.69, 9.17) is 27.9 Å². The number of ether oxygens (including phenoxy) is 1. The van der Waals surface area contributed by atoms with Gasteiger partial charge in [0.1, 0.15) is 10.6 Å². The standard InChI is InChI=1S/C19H19Cl2NO4S/c1-13-5-7-15(20)17(11-13)26-19(23)14-6-8-16(21)18(12-14)27(24,25)22-9-3-2-4-10-22/h5-8,11-12H,2-4,9-10H2,1H3. The number of sulfonamides is 1. The smallest absolute Gasteiger partial charge is 0.343 e. The third kappa shape index (κ3) is 4.46. The van der Waals surface area contributed by atoms with Gasteiger partial charge in [-0.25, -0.2) is 13.2 Å². The summed E-state index contributed by atoms with van der Waals surface area (Å²) in [6.45, 7) is 2.75. The molecule has 3 rings (SSSR count). The second kappa shape index (κ2) is 8.19. The summed E-state index contributed by atoms with van der Waals surface area (Å²) < 4.78 is 32.6. The number of rotatable bonds is 4. The predicted molar refractivity (Wildman–Crippen MR) is 105 cm³/mol. The number of esters is 1. The minimum atomic E-state index is -3.77. The first-order valence-corrected chi connectivity index (χ1v) is 10.8. The molecule has 1 heterocycles. The zero-order valence-electron chi connectivity index (χ0n) is 14.7. The van der Waals surface area contributed by atoms with E-state index in [1.165, 1.54) is 22.5 Å². The van der Waals surface area contributed by atoms with E-state index in [1.54, 1.807) is 18.2 Å². The van der Waals surface area contributed by atoms with Gasteiger partial charge in [0.2, 0.25) is 10.0 Å². The lowest BCUT2D eigenvalue weighted by atomic mass is 10.2. The Hall–Kier alpha value is -1.60. The lowest BCUT2D eigenvalue weighted by Gasteiger charge is -2.26. The molecule has 0 bridgehead atoms. The van der Waals surface area contributed by atoms with E-state index in [0.717, 1.165) is 24.8 Å². The Morgan fingerprint density at radius 1 is 1.00 bits per heavy atom. The van der Waals surface area contributed by atoms with Gasteiger partial charge in [-0.15, -0.1) is 0 Å². The van der Waals surface area contributed by atoms with Crippen LogP contribution in [-0.2, 0) is 10.0 Å². The maximum Gasteiger partial charge on any atom is 0.343 e. The van der Waals surface area contributed by atoms with Crippen LogP contribution in [0, 0.1) is 6.92 Å². The Labute approximate surface area is 168 Å². The Bertz CT molecular complexity index is 970. The van der Waals surface area contributed by atoms with Gasteiger partial charge in [0.15, 0.2) is 0 Å². The lowest BCUT2D eigenvalue weighted by Crippen LogP contribution is -2.35. The highest BCUT2D eigenvalue weighted by Gasteiger charge is 2.29. The molecule has 0 unspecified atom stereocenters. The van der Waals surface area contributed by atoms with Crippen molar-refractivity contribution in [3.05, 3.63) is 57.6 Å². The second-order valence-corrected chi connectivity index (χ2v) is 9.15. The summed E-state index contributed by atoms with van der Waals surface area (Å²) in [5.41, 5.74) is 0.972. The number of carbonyl (C=O) groups excluding carboxylic acids is 1. The molecule has 1 saturated heterocycles. The fourth-order valence-electron chi connectivity index (χ4n) is 2.92. The molecule has 144 valence electrons. The topological polar surface area (TPSA) is 63.7 Å². The molecule has 0 spiro atoms. The van der Waals surface area contributed by atoms with E-state index in [0.29, 0.717) is 18.1 Å². The zero-order valence-corrected chi connectivity index (χ0v) is 17.1. The van der Waals surface area contributed by atoms with Crippen LogP contribution in [0.5, 0.6) is 5.75 Å². The minimum Gasteiger partial charge on any atom is -0.421 e. The van der Waals surface area contributed by atoms with Crippen molar-refractivity contribution in [3.63, 3.8) is 0 Å². The van der Waals surface area contributed by atoms with Crippen LogP contribution >= 0.6 is 23.2 Å². The molecule has 5 nitrogen and oxygen atoms in total.